The van der Waals surface area contributed by atoms with E-state index in [9.17, 15) is 4.79 Å². The lowest BCUT2D eigenvalue weighted by molar-refractivity contribution is -0.119. The van der Waals surface area contributed by atoms with Crippen molar-refractivity contribution in [2.75, 3.05) is 18.0 Å². The predicted octanol–water partition coefficient (Wildman–Crippen LogP) is 2.68. The molecular formula is C16H24ClN3O. The van der Waals surface area contributed by atoms with Crippen LogP contribution in [-0.2, 0) is 11.3 Å². The third-order valence-electron chi connectivity index (χ3n) is 3.93. The van der Waals surface area contributed by atoms with Gasteiger partial charge in [0, 0.05) is 23.8 Å². The summed E-state index contributed by atoms with van der Waals surface area (Å²) in [6.07, 6.45) is 4.05. The first-order valence-electron chi connectivity index (χ1n) is 7.68. The molecule has 0 spiro atoms. The molecule has 1 unspecified atom stereocenters. The van der Waals surface area contributed by atoms with Crippen LogP contribution in [0, 0.1) is 0 Å². The third-order valence-corrected chi connectivity index (χ3v) is 4.17. The molecule has 1 amide bonds. The molecule has 2 rings (SSSR count). The first-order valence-corrected chi connectivity index (χ1v) is 8.06. The number of rotatable bonds is 6. The fraction of sp³-hybridized carbons (Fsp3) is 0.562. The topological polar surface area (TPSA) is 58.4 Å². The molecule has 0 bridgehead atoms. The molecule has 1 saturated heterocycles. The fourth-order valence-electron chi connectivity index (χ4n) is 2.87. The van der Waals surface area contributed by atoms with Gasteiger partial charge in [-0.05, 0) is 49.9 Å². The SMILES string of the molecule is CCCNCc1ccc(Cl)cc1N1CCCCC1C(N)=O. The first kappa shape index (κ1) is 16.1. The van der Waals surface area contributed by atoms with Gasteiger partial charge in [-0.1, -0.05) is 24.6 Å². The highest BCUT2D eigenvalue weighted by atomic mass is 35.5. The minimum atomic E-state index is -0.248. The zero-order valence-corrected chi connectivity index (χ0v) is 13.3. The van der Waals surface area contributed by atoms with Crippen LogP contribution in [0.25, 0.3) is 0 Å². The summed E-state index contributed by atoms with van der Waals surface area (Å²) in [5, 5.41) is 4.10. The molecule has 4 nitrogen and oxygen atoms in total. The van der Waals surface area contributed by atoms with E-state index < -0.39 is 0 Å². The van der Waals surface area contributed by atoms with Gasteiger partial charge in [0.15, 0.2) is 0 Å². The van der Waals surface area contributed by atoms with E-state index in [0.717, 1.165) is 51.0 Å². The van der Waals surface area contributed by atoms with E-state index in [1.165, 1.54) is 5.56 Å². The number of nitrogens with two attached hydrogens (primary N) is 1. The van der Waals surface area contributed by atoms with E-state index in [-0.39, 0.29) is 11.9 Å². The largest absolute Gasteiger partial charge is 0.368 e. The van der Waals surface area contributed by atoms with E-state index in [0.29, 0.717) is 5.02 Å². The number of benzene rings is 1. The second-order valence-corrected chi connectivity index (χ2v) is 5.99. The summed E-state index contributed by atoms with van der Waals surface area (Å²) in [4.78, 5) is 13.9. The van der Waals surface area contributed by atoms with Crippen LogP contribution < -0.4 is 16.0 Å². The number of piperidine rings is 1. The molecule has 0 aliphatic carbocycles. The van der Waals surface area contributed by atoms with E-state index >= 15 is 0 Å². The quantitative estimate of drug-likeness (QED) is 0.794. The van der Waals surface area contributed by atoms with Crippen LogP contribution in [0.5, 0.6) is 0 Å². The molecule has 1 aromatic carbocycles. The molecule has 1 aliphatic heterocycles. The highest BCUT2D eigenvalue weighted by Gasteiger charge is 2.28. The van der Waals surface area contributed by atoms with Gasteiger partial charge in [0.2, 0.25) is 5.91 Å². The van der Waals surface area contributed by atoms with Crippen molar-refractivity contribution in [2.24, 2.45) is 5.73 Å². The highest BCUT2D eigenvalue weighted by Crippen LogP contribution is 2.30. The van der Waals surface area contributed by atoms with Crippen LogP contribution in [0.2, 0.25) is 5.02 Å². The summed E-state index contributed by atoms with van der Waals surface area (Å²) >= 11 is 6.16. The van der Waals surface area contributed by atoms with Crippen LogP contribution >= 0.6 is 11.6 Å². The minimum absolute atomic E-state index is 0.220. The van der Waals surface area contributed by atoms with Gasteiger partial charge < -0.3 is 16.0 Å². The van der Waals surface area contributed by atoms with Crippen molar-refractivity contribution in [3.8, 4) is 0 Å². The van der Waals surface area contributed by atoms with Crippen LogP contribution in [0.4, 0.5) is 5.69 Å². The van der Waals surface area contributed by atoms with Gasteiger partial charge in [-0.2, -0.15) is 0 Å². The Labute approximate surface area is 131 Å². The summed E-state index contributed by atoms with van der Waals surface area (Å²) in [6.45, 7) is 4.75. The first-order chi connectivity index (χ1) is 10.1. The molecular weight excluding hydrogens is 286 g/mol. The lowest BCUT2D eigenvalue weighted by Crippen LogP contribution is -2.48. The Kier molecular flexibility index (Phi) is 5.88. The standard InChI is InChI=1S/C16H24ClN3O/c1-2-8-19-11-12-6-7-13(17)10-15(12)20-9-4-3-5-14(20)16(18)21/h6-7,10,14,19H,2-5,8-9,11H2,1H3,(H2,18,21). The smallest absolute Gasteiger partial charge is 0.240 e. The van der Waals surface area contributed by atoms with Gasteiger partial charge in [0.05, 0.1) is 0 Å². The summed E-state index contributed by atoms with van der Waals surface area (Å²) < 4.78 is 0. The van der Waals surface area contributed by atoms with Gasteiger partial charge in [-0.3, -0.25) is 4.79 Å². The van der Waals surface area contributed by atoms with Gasteiger partial charge in [-0.25, -0.2) is 0 Å². The number of nitrogens with zero attached hydrogens (tertiary/aromatic N) is 1. The number of anilines is 1. The maximum Gasteiger partial charge on any atom is 0.240 e. The Morgan fingerprint density at radius 3 is 3.00 bits per heavy atom. The summed E-state index contributed by atoms with van der Waals surface area (Å²) in [7, 11) is 0. The Morgan fingerprint density at radius 2 is 2.29 bits per heavy atom. The van der Waals surface area contributed by atoms with Crippen LogP contribution in [0.15, 0.2) is 18.2 Å². The number of amides is 1. The van der Waals surface area contributed by atoms with E-state index in [4.69, 9.17) is 17.3 Å². The Balaban J connectivity index is 2.26. The summed E-state index contributed by atoms with van der Waals surface area (Å²) in [5.74, 6) is -0.248. The Bertz CT molecular complexity index is 492. The second kappa shape index (κ2) is 7.66. The number of primary amides is 1. The zero-order chi connectivity index (χ0) is 15.2. The fourth-order valence-corrected chi connectivity index (χ4v) is 3.04. The van der Waals surface area contributed by atoms with Crippen LogP contribution in [0.1, 0.15) is 38.2 Å². The van der Waals surface area contributed by atoms with E-state index in [1.54, 1.807) is 0 Å². The number of halogens is 1. The number of carbonyl (C=O) groups excluding carboxylic acids is 1. The molecule has 0 aromatic heterocycles. The molecule has 0 radical (unpaired) electrons. The average molecular weight is 310 g/mol. The normalized spacial score (nSPS) is 18.8. The molecule has 5 heteroatoms. The highest BCUT2D eigenvalue weighted by molar-refractivity contribution is 6.30. The molecule has 3 N–H and O–H groups in total. The molecule has 0 saturated carbocycles. The summed E-state index contributed by atoms with van der Waals surface area (Å²) in [5.41, 5.74) is 7.78. The number of nitrogens with one attached hydrogen (secondary N) is 1. The molecule has 116 valence electrons. The lowest BCUT2D eigenvalue weighted by Gasteiger charge is -2.37. The minimum Gasteiger partial charge on any atom is -0.368 e. The molecule has 1 aromatic rings. The lowest BCUT2D eigenvalue weighted by atomic mass is 9.99. The molecule has 21 heavy (non-hydrogen) atoms. The van der Waals surface area contributed by atoms with Crippen molar-refractivity contribution >= 4 is 23.2 Å². The van der Waals surface area contributed by atoms with Crippen LogP contribution in [-0.4, -0.2) is 25.0 Å². The van der Waals surface area contributed by atoms with Crippen molar-refractivity contribution < 1.29 is 4.79 Å². The van der Waals surface area contributed by atoms with Gasteiger partial charge in [-0.15, -0.1) is 0 Å². The Morgan fingerprint density at radius 1 is 1.48 bits per heavy atom. The van der Waals surface area contributed by atoms with Gasteiger partial charge in [0.1, 0.15) is 6.04 Å². The van der Waals surface area contributed by atoms with Crippen molar-refractivity contribution in [1.82, 2.24) is 5.32 Å². The van der Waals surface area contributed by atoms with Crippen molar-refractivity contribution in [2.45, 2.75) is 45.2 Å². The summed E-state index contributed by atoms with van der Waals surface area (Å²) in [6, 6.07) is 5.66. The third kappa shape index (κ3) is 4.11. The number of hydrogen-bond donors (Lipinski definition) is 2. The van der Waals surface area contributed by atoms with Gasteiger partial charge in [0.25, 0.3) is 0 Å². The molecule has 1 aliphatic rings. The monoisotopic (exact) mass is 309 g/mol. The number of hydrogen-bond acceptors (Lipinski definition) is 3. The van der Waals surface area contributed by atoms with Crippen molar-refractivity contribution in [1.29, 1.82) is 0 Å². The maximum absolute atomic E-state index is 11.7. The average Bonchev–Trinajstić information content (AvgIpc) is 2.49. The zero-order valence-electron chi connectivity index (χ0n) is 12.6. The predicted molar refractivity (Wildman–Crippen MR) is 87.6 cm³/mol. The Hall–Kier alpha value is -1.26. The maximum atomic E-state index is 11.7. The van der Waals surface area contributed by atoms with Crippen LogP contribution in [0.3, 0.4) is 0 Å². The van der Waals surface area contributed by atoms with E-state index in [2.05, 4.69) is 17.1 Å². The molecule has 1 heterocycles. The van der Waals surface area contributed by atoms with E-state index in [1.807, 2.05) is 18.2 Å². The second-order valence-electron chi connectivity index (χ2n) is 5.56. The molecule has 1 atom stereocenters. The van der Waals surface area contributed by atoms with Crippen molar-refractivity contribution in [3.63, 3.8) is 0 Å². The van der Waals surface area contributed by atoms with Gasteiger partial charge >= 0.3 is 0 Å². The molecule has 1 fully saturated rings. The number of carbonyl (C=O) groups is 1. The van der Waals surface area contributed by atoms with Crippen molar-refractivity contribution in [3.05, 3.63) is 28.8 Å².